The van der Waals surface area contributed by atoms with E-state index in [0.717, 1.165) is 5.69 Å². The molecule has 1 fully saturated rings. The predicted octanol–water partition coefficient (Wildman–Crippen LogP) is 0.365. The quantitative estimate of drug-likeness (QED) is 0.581. The Balaban J connectivity index is 2.07. The van der Waals surface area contributed by atoms with Crippen LogP contribution < -0.4 is 10.6 Å². The zero-order chi connectivity index (χ0) is 16.2. The molecule has 0 unspecified atom stereocenters. The topological polar surface area (TPSA) is 99.7 Å². The van der Waals surface area contributed by atoms with E-state index in [4.69, 9.17) is 15.9 Å². The first kappa shape index (κ1) is 16.7. The van der Waals surface area contributed by atoms with Crippen molar-refractivity contribution in [1.29, 1.82) is 5.41 Å². The lowest BCUT2D eigenvalue weighted by molar-refractivity contribution is 0.215. The van der Waals surface area contributed by atoms with Gasteiger partial charge in [-0.05, 0) is 12.1 Å². The summed E-state index contributed by atoms with van der Waals surface area (Å²) >= 11 is 0. The summed E-state index contributed by atoms with van der Waals surface area (Å²) in [5.41, 5.74) is 8.01. The molecule has 8 heteroatoms. The largest absolute Gasteiger partial charge is 0.398 e. The number of ether oxygens (including phenoxy) is 1. The van der Waals surface area contributed by atoms with Crippen molar-refractivity contribution < 1.29 is 13.2 Å². The van der Waals surface area contributed by atoms with E-state index < -0.39 is 10.0 Å². The molecule has 0 saturated carbocycles. The van der Waals surface area contributed by atoms with Gasteiger partial charge in [-0.2, -0.15) is 4.31 Å². The highest BCUT2D eigenvalue weighted by atomic mass is 32.2. The van der Waals surface area contributed by atoms with Crippen molar-refractivity contribution in [3.05, 3.63) is 23.8 Å². The third kappa shape index (κ3) is 3.57. The van der Waals surface area contributed by atoms with Crippen molar-refractivity contribution in [3.63, 3.8) is 0 Å². The first-order valence-electron chi connectivity index (χ1n) is 7.10. The molecule has 0 amide bonds. The van der Waals surface area contributed by atoms with E-state index in [1.165, 1.54) is 17.6 Å². The number of anilines is 2. The summed E-state index contributed by atoms with van der Waals surface area (Å²) in [5.74, 6) is 0.00747. The smallest absolute Gasteiger partial charge is 0.216 e. The lowest BCUT2D eigenvalue weighted by atomic mass is 10.1. The highest BCUT2D eigenvalue weighted by Gasteiger charge is 2.27. The van der Waals surface area contributed by atoms with Crippen LogP contribution in [0, 0.1) is 5.41 Å². The van der Waals surface area contributed by atoms with Crippen LogP contribution in [0.3, 0.4) is 0 Å². The van der Waals surface area contributed by atoms with Gasteiger partial charge in [0.15, 0.2) is 0 Å². The minimum absolute atomic E-state index is 0.00747. The lowest BCUT2D eigenvalue weighted by Gasteiger charge is -2.36. The van der Waals surface area contributed by atoms with Crippen LogP contribution in [0.15, 0.2) is 18.2 Å². The Labute approximate surface area is 131 Å². The fourth-order valence-electron chi connectivity index (χ4n) is 2.53. The first-order valence-corrected chi connectivity index (χ1v) is 8.71. The van der Waals surface area contributed by atoms with E-state index in [9.17, 15) is 8.42 Å². The van der Waals surface area contributed by atoms with Gasteiger partial charge in [-0.15, -0.1) is 0 Å². The molecular formula is C14H22N4O3S. The average molecular weight is 326 g/mol. The van der Waals surface area contributed by atoms with E-state index in [-0.39, 0.29) is 12.4 Å². The third-order valence-corrected chi connectivity index (χ3v) is 5.61. The van der Waals surface area contributed by atoms with Crippen LogP contribution in [0.1, 0.15) is 5.56 Å². The van der Waals surface area contributed by atoms with Gasteiger partial charge in [0.25, 0.3) is 0 Å². The monoisotopic (exact) mass is 326 g/mol. The van der Waals surface area contributed by atoms with Crippen molar-refractivity contribution in [3.8, 4) is 0 Å². The van der Waals surface area contributed by atoms with Crippen LogP contribution in [0.5, 0.6) is 0 Å². The van der Waals surface area contributed by atoms with Crippen molar-refractivity contribution >= 4 is 27.6 Å². The summed E-state index contributed by atoms with van der Waals surface area (Å²) in [4.78, 5) is 2.07. The molecule has 22 heavy (non-hydrogen) atoms. The summed E-state index contributed by atoms with van der Waals surface area (Å²) in [6.07, 6.45) is 1.24. The maximum Gasteiger partial charge on any atom is 0.216 e. The molecular weight excluding hydrogens is 304 g/mol. The summed E-state index contributed by atoms with van der Waals surface area (Å²) in [6.45, 7) is 2.22. The number of rotatable bonds is 6. The number of hydrogen-bond donors (Lipinski definition) is 2. The molecule has 3 N–H and O–H groups in total. The van der Waals surface area contributed by atoms with Crippen LogP contribution >= 0.6 is 0 Å². The van der Waals surface area contributed by atoms with Gasteiger partial charge in [0.05, 0.1) is 12.4 Å². The molecule has 1 aliphatic rings. The van der Waals surface area contributed by atoms with Gasteiger partial charge < -0.3 is 20.8 Å². The van der Waals surface area contributed by atoms with E-state index in [1.54, 1.807) is 6.07 Å². The Morgan fingerprint density at radius 1 is 1.32 bits per heavy atom. The van der Waals surface area contributed by atoms with Crippen LogP contribution in [0.2, 0.25) is 0 Å². The zero-order valence-corrected chi connectivity index (χ0v) is 13.5. The molecule has 7 nitrogen and oxygen atoms in total. The maximum absolute atomic E-state index is 12.1. The van der Waals surface area contributed by atoms with Gasteiger partial charge in [-0.1, -0.05) is 6.07 Å². The molecule has 0 atom stereocenters. The molecule has 0 aliphatic carbocycles. The normalized spacial score (nSPS) is 16.7. The molecule has 0 radical (unpaired) electrons. The van der Waals surface area contributed by atoms with E-state index in [0.29, 0.717) is 37.4 Å². The summed E-state index contributed by atoms with van der Waals surface area (Å²) in [6, 6.07) is 5.51. The number of sulfonamides is 1. The highest BCUT2D eigenvalue weighted by molar-refractivity contribution is 7.89. The maximum atomic E-state index is 12.1. The van der Waals surface area contributed by atoms with Crippen molar-refractivity contribution in [2.45, 2.75) is 0 Å². The number of nitrogens with zero attached hydrogens (tertiary/aromatic N) is 2. The second kappa shape index (κ2) is 7.08. The van der Waals surface area contributed by atoms with Gasteiger partial charge >= 0.3 is 0 Å². The average Bonchev–Trinajstić information content (AvgIpc) is 2.53. The van der Waals surface area contributed by atoms with Crippen LogP contribution in [-0.4, -0.2) is 64.6 Å². The Bertz CT molecular complexity index is 625. The number of nitrogens with one attached hydrogen (secondary N) is 1. The molecule has 1 aromatic carbocycles. The van der Waals surface area contributed by atoms with Crippen molar-refractivity contribution in [2.75, 3.05) is 56.3 Å². The van der Waals surface area contributed by atoms with Gasteiger partial charge in [0.1, 0.15) is 0 Å². The highest BCUT2D eigenvalue weighted by Crippen LogP contribution is 2.25. The van der Waals surface area contributed by atoms with Gasteiger partial charge in [0.2, 0.25) is 10.0 Å². The van der Waals surface area contributed by atoms with E-state index in [2.05, 4.69) is 4.90 Å². The fraction of sp³-hybridized carbons (Fsp3) is 0.500. The molecule has 1 saturated heterocycles. The molecule has 0 aromatic heterocycles. The summed E-state index contributed by atoms with van der Waals surface area (Å²) in [5, 5.41) is 7.51. The zero-order valence-electron chi connectivity index (χ0n) is 12.7. The first-order chi connectivity index (χ1) is 10.5. The molecule has 0 spiro atoms. The predicted molar refractivity (Wildman–Crippen MR) is 88.2 cm³/mol. The molecule has 2 rings (SSSR count). The Hall–Kier alpha value is -1.64. The Kier molecular flexibility index (Phi) is 5.38. The minimum atomic E-state index is -3.26. The number of methoxy groups -OCH3 is 1. The van der Waals surface area contributed by atoms with E-state index in [1.807, 2.05) is 12.1 Å². The number of nitrogens with two attached hydrogens (primary N) is 1. The molecule has 1 aliphatic heterocycles. The van der Waals surface area contributed by atoms with Crippen LogP contribution in [0.25, 0.3) is 0 Å². The number of hydrogen-bond acceptors (Lipinski definition) is 6. The van der Waals surface area contributed by atoms with Crippen molar-refractivity contribution in [2.24, 2.45) is 0 Å². The van der Waals surface area contributed by atoms with Crippen molar-refractivity contribution in [1.82, 2.24) is 4.31 Å². The fourth-order valence-corrected chi connectivity index (χ4v) is 3.88. The molecule has 0 bridgehead atoms. The SMILES string of the molecule is COCCS(=O)(=O)N1CCN(c2cccc(N)c2C=N)CC1. The van der Waals surface area contributed by atoms with Gasteiger partial charge in [-0.3, -0.25) is 0 Å². The van der Waals surface area contributed by atoms with Gasteiger partial charge in [0, 0.05) is 56.4 Å². The van der Waals surface area contributed by atoms with Crippen LogP contribution in [0.4, 0.5) is 11.4 Å². The molecule has 1 heterocycles. The summed E-state index contributed by atoms with van der Waals surface area (Å²) in [7, 11) is -1.77. The van der Waals surface area contributed by atoms with Crippen LogP contribution in [-0.2, 0) is 14.8 Å². The standard InChI is InChI=1S/C14H22N4O3S/c1-21-9-10-22(19,20)18-7-5-17(6-8-18)14-4-2-3-13(16)12(14)11-15/h2-4,11,15H,5-10,16H2,1H3. The van der Waals surface area contributed by atoms with E-state index >= 15 is 0 Å². The Morgan fingerprint density at radius 3 is 2.59 bits per heavy atom. The summed E-state index contributed by atoms with van der Waals surface area (Å²) < 4.78 is 30.6. The molecule has 1 aromatic rings. The minimum Gasteiger partial charge on any atom is -0.398 e. The second-order valence-electron chi connectivity index (χ2n) is 5.12. The third-order valence-electron chi connectivity index (χ3n) is 3.78. The second-order valence-corrected chi connectivity index (χ2v) is 7.21. The Morgan fingerprint density at radius 2 is 2.00 bits per heavy atom. The lowest BCUT2D eigenvalue weighted by Crippen LogP contribution is -2.49. The number of piperazine rings is 1. The van der Waals surface area contributed by atoms with Gasteiger partial charge in [-0.25, -0.2) is 8.42 Å². The number of nitrogen functional groups attached to an aromatic ring is 1. The molecule has 122 valence electrons. The number of benzene rings is 1.